The van der Waals surface area contributed by atoms with E-state index in [1.807, 2.05) is 72.8 Å². The van der Waals surface area contributed by atoms with Crippen LogP contribution in [0.3, 0.4) is 0 Å². The summed E-state index contributed by atoms with van der Waals surface area (Å²) in [6.45, 7) is 0. The van der Waals surface area contributed by atoms with Crippen LogP contribution in [0.25, 0.3) is 122 Å². The molecule has 9 aromatic carbocycles. The van der Waals surface area contributed by atoms with Crippen LogP contribution in [0.2, 0.25) is 0 Å². The third kappa shape index (κ3) is 5.62. The highest BCUT2D eigenvalue weighted by Gasteiger charge is 2.22. The quantitative estimate of drug-likeness (QED) is 0.168. The molecule has 6 nitrogen and oxygen atoms in total. The van der Waals surface area contributed by atoms with Gasteiger partial charge in [-0.05, 0) is 77.9 Å². The Balaban J connectivity index is 1.04. The van der Waals surface area contributed by atoms with Gasteiger partial charge in [0.15, 0.2) is 17.5 Å². The summed E-state index contributed by atoms with van der Waals surface area (Å²) < 4.78 is 11.4. The van der Waals surface area contributed by atoms with Crippen molar-refractivity contribution in [2.45, 2.75) is 0 Å². The summed E-state index contributed by atoms with van der Waals surface area (Å²) in [5.41, 5.74) is 13.3. The Hall–Kier alpha value is -8.61. The van der Waals surface area contributed by atoms with Gasteiger partial charge in [-0.2, -0.15) is 0 Å². The van der Waals surface area contributed by atoms with Crippen LogP contribution in [0, 0.1) is 0 Å². The molecule has 0 atom stereocenters. The van der Waals surface area contributed by atoms with E-state index in [1.54, 1.807) is 0 Å². The molecular weight excluding hydrogens is 771 g/mol. The van der Waals surface area contributed by atoms with Gasteiger partial charge in [-0.3, -0.25) is 0 Å². The summed E-state index contributed by atoms with van der Waals surface area (Å²) in [4.78, 5) is 15.3. The number of para-hydroxylation sites is 4. The first-order chi connectivity index (χ1) is 31.2. The van der Waals surface area contributed by atoms with Crippen LogP contribution < -0.4 is 0 Å². The van der Waals surface area contributed by atoms with Gasteiger partial charge in [-0.25, -0.2) is 15.0 Å². The fourth-order valence-electron chi connectivity index (χ4n) is 9.50. The minimum Gasteiger partial charge on any atom is -0.456 e. The number of hydrogen-bond donors (Lipinski definition) is 0. The summed E-state index contributed by atoms with van der Waals surface area (Å²) in [5.74, 6) is 1.79. The Morgan fingerprint density at radius 1 is 0.302 bits per heavy atom. The molecule has 4 aromatic heterocycles. The zero-order valence-electron chi connectivity index (χ0n) is 33.9. The number of nitrogens with zero attached hydrogens (tertiary/aromatic N) is 5. The van der Waals surface area contributed by atoms with Crippen LogP contribution in [0.4, 0.5) is 0 Å². The van der Waals surface area contributed by atoms with E-state index in [4.69, 9.17) is 19.4 Å². The van der Waals surface area contributed by atoms with Crippen molar-refractivity contribution in [3.05, 3.63) is 212 Å². The minimum atomic E-state index is 0.568. The van der Waals surface area contributed by atoms with E-state index in [9.17, 15) is 0 Å². The molecule has 0 spiro atoms. The third-order valence-corrected chi connectivity index (χ3v) is 12.3. The van der Waals surface area contributed by atoms with Gasteiger partial charge in [-0.1, -0.05) is 146 Å². The molecule has 63 heavy (non-hydrogen) atoms. The second kappa shape index (κ2) is 14.0. The zero-order valence-corrected chi connectivity index (χ0v) is 33.9. The van der Waals surface area contributed by atoms with Crippen LogP contribution in [0.5, 0.6) is 0 Å². The lowest BCUT2D eigenvalue weighted by Gasteiger charge is -2.13. The number of hydrogen-bond acceptors (Lipinski definition) is 4. The Morgan fingerprint density at radius 3 is 1.37 bits per heavy atom. The van der Waals surface area contributed by atoms with Crippen molar-refractivity contribution in [2.75, 3.05) is 0 Å². The molecule has 13 rings (SSSR count). The average Bonchev–Trinajstić information content (AvgIpc) is 4.02. The lowest BCUT2D eigenvalue weighted by molar-refractivity contribution is 0.669. The lowest BCUT2D eigenvalue weighted by Crippen LogP contribution is -2.01. The predicted molar refractivity (Wildman–Crippen MR) is 258 cm³/mol. The summed E-state index contributed by atoms with van der Waals surface area (Å²) in [6, 6.07) is 74.5. The first-order valence-corrected chi connectivity index (χ1v) is 21.2. The van der Waals surface area contributed by atoms with Crippen molar-refractivity contribution in [3.63, 3.8) is 0 Å². The highest BCUT2D eigenvalue weighted by molar-refractivity contribution is 6.16. The predicted octanol–water partition coefficient (Wildman–Crippen LogP) is 14.6. The Bertz CT molecular complexity index is 3850. The van der Waals surface area contributed by atoms with E-state index in [0.717, 1.165) is 66.6 Å². The molecule has 0 aliphatic rings. The molecule has 0 saturated carbocycles. The van der Waals surface area contributed by atoms with Gasteiger partial charge >= 0.3 is 0 Å². The van der Waals surface area contributed by atoms with Crippen LogP contribution in [0.15, 0.2) is 217 Å². The summed E-state index contributed by atoms with van der Waals surface area (Å²) in [7, 11) is 0. The normalized spacial score (nSPS) is 11.8. The molecule has 0 amide bonds. The van der Waals surface area contributed by atoms with E-state index in [0.29, 0.717) is 17.5 Å². The van der Waals surface area contributed by atoms with Gasteiger partial charge in [0.05, 0.1) is 33.1 Å². The van der Waals surface area contributed by atoms with Crippen molar-refractivity contribution < 1.29 is 4.42 Å². The molecule has 0 aliphatic heterocycles. The largest absolute Gasteiger partial charge is 0.456 e. The van der Waals surface area contributed by atoms with Crippen LogP contribution in [-0.4, -0.2) is 24.1 Å². The van der Waals surface area contributed by atoms with Crippen LogP contribution in [-0.2, 0) is 0 Å². The smallest absolute Gasteiger partial charge is 0.164 e. The van der Waals surface area contributed by atoms with E-state index >= 15 is 0 Å². The molecule has 4 heterocycles. The Morgan fingerprint density at radius 2 is 0.762 bits per heavy atom. The van der Waals surface area contributed by atoms with Crippen LogP contribution >= 0.6 is 0 Å². The fraction of sp³-hybridized carbons (Fsp3) is 0. The standard InChI is InChI=1S/C57H35N5O/c1-4-16-36(17-5-1)55-58-56(37-18-6-2-7-19-37)60-57(59-55)40-34-51(54-44-24-12-15-27-52(44)63-53(54)35-40)62-48-26-14-11-23-43(48)46-33-39(29-31-50(46)62)38-28-30-49-45(32-38)42-22-10-13-25-47(42)61(49)41-20-8-3-9-21-41/h1-35H. The van der Waals surface area contributed by atoms with Crippen molar-refractivity contribution in [1.82, 2.24) is 24.1 Å². The molecule has 0 unspecified atom stereocenters. The maximum atomic E-state index is 6.69. The highest BCUT2D eigenvalue weighted by atomic mass is 16.3. The zero-order chi connectivity index (χ0) is 41.4. The fourth-order valence-corrected chi connectivity index (χ4v) is 9.50. The second-order valence-electron chi connectivity index (χ2n) is 16.0. The van der Waals surface area contributed by atoms with Crippen molar-refractivity contribution in [3.8, 4) is 56.7 Å². The van der Waals surface area contributed by atoms with Crippen molar-refractivity contribution in [2.24, 2.45) is 0 Å². The summed E-state index contributed by atoms with van der Waals surface area (Å²) in [6.07, 6.45) is 0. The molecule has 0 aliphatic carbocycles. The molecule has 13 aromatic rings. The molecule has 0 radical (unpaired) electrons. The maximum Gasteiger partial charge on any atom is 0.164 e. The number of benzene rings is 9. The Kier molecular flexibility index (Phi) is 7.80. The van der Waals surface area contributed by atoms with E-state index in [2.05, 4.69) is 149 Å². The topological polar surface area (TPSA) is 61.7 Å². The number of fused-ring (bicyclic) bond motifs is 9. The number of aromatic nitrogens is 5. The molecule has 0 saturated heterocycles. The summed E-state index contributed by atoms with van der Waals surface area (Å²) in [5, 5.41) is 6.87. The monoisotopic (exact) mass is 805 g/mol. The highest BCUT2D eigenvalue weighted by Crippen LogP contribution is 2.43. The number of rotatable bonds is 6. The van der Waals surface area contributed by atoms with Crippen LogP contribution in [0.1, 0.15) is 0 Å². The molecule has 0 bridgehead atoms. The summed E-state index contributed by atoms with van der Waals surface area (Å²) >= 11 is 0. The van der Waals surface area contributed by atoms with Gasteiger partial charge in [-0.15, -0.1) is 0 Å². The first kappa shape index (κ1) is 35.2. The molecule has 0 fully saturated rings. The van der Waals surface area contributed by atoms with Gasteiger partial charge < -0.3 is 13.6 Å². The van der Waals surface area contributed by atoms with E-state index in [1.165, 1.54) is 38.1 Å². The molecule has 0 N–H and O–H groups in total. The molecule has 6 heteroatoms. The second-order valence-corrected chi connectivity index (χ2v) is 16.0. The SMILES string of the molecule is c1ccc(-c2nc(-c3ccccc3)nc(-c3cc(-n4c5ccccc5c5cc(-c6ccc7c(c6)c6ccccc6n7-c6ccccc6)ccc54)c4c(c3)oc3ccccc34)n2)cc1. The first-order valence-electron chi connectivity index (χ1n) is 21.2. The van der Waals surface area contributed by atoms with E-state index in [-0.39, 0.29) is 0 Å². The third-order valence-electron chi connectivity index (χ3n) is 12.3. The Labute approximate surface area is 361 Å². The minimum absolute atomic E-state index is 0.568. The lowest BCUT2D eigenvalue weighted by atomic mass is 10.0. The maximum absolute atomic E-state index is 6.69. The van der Waals surface area contributed by atoms with E-state index < -0.39 is 0 Å². The van der Waals surface area contributed by atoms with Gasteiger partial charge in [0.1, 0.15) is 11.2 Å². The average molecular weight is 806 g/mol. The van der Waals surface area contributed by atoms with Gasteiger partial charge in [0.25, 0.3) is 0 Å². The van der Waals surface area contributed by atoms with Crippen molar-refractivity contribution in [1.29, 1.82) is 0 Å². The van der Waals surface area contributed by atoms with Gasteiger partial charge in [0, 0.05) is 49.3 Å². The number of furan rings is 1. The van der Waals surface area contributed by atoms with Crippen molar-refractivity contribution >= 4 is 65.6 Å². The molecular formula is C57H35N5O. The molecule has 294 valence electrons. The van der Waals surface area contributed by atoms with Gasteiger partial charge in [0.2, 0.25) is 0 Å².